The van der Waals surface area contributed by atoms with E-state index in [-0.39, 0.29) is 11.8 Å². The number of aryl methyl sites for hydroxylation is 1. The number of fused-ring (bicyclic) bond motifs is 1. The lowest BCUT2D eigenvalue weighted by atomic mass is 9.89. The van der Waals surface area contributed by atoms with Gasteiger partial charge in [-0.1, -0.05) is 19.3 Å². The maximum absolute atomic E-state index is 13.2. The molecule has 152 valence electrons. The molecule has 1 aliphatic heterocycles. The van der Waals surface area contributed by atoms with Crippen LogP contribution in [0, 0.1) is 6.92 Å². The summed E-state index contributed by atoms with van der Waals surface area (Å²) in [5.74, 6) is 2.61. The van der Waals surface area contributed by atoms with E-state index in [1.165, 1.54) is 32.1 Å². The minimum Gasteiger partial charge on any atom is -0.338 e. The number of carbonyl (C=O) groups is 1. The zero-order chi connectivity index (χ0) is 19.8. The minimum atomic E-state index is 0.0140. The Hall–Kier alpha value is -2.77. The highest BCUT2D eigenvalue weighted by Crippen LogP contribution is 2.32. The number of likely N-dealkylation sites (tertiary alicyclic amines) is 1. The van der Waals surface area contributed by atoms with Crippen LogP contribution in [0.1, 0.15) is 84.5 Å². The number of aromatic amines is 1. The summed E-state index contributed by atoms with van der Waals surface area (Å²) in [4.78, 5) is 24.4. The largest absolute Gasteiger partial charge is 0.338 e. The molecular weight excluding hydrogens is 366 g/mol. The standard InChI is InChI=1S/C21H27N7O/c1-14-17(12-22-18-9-10-23-28(14)18)21(29)27-11-5-8-16(13-27)20-24-19(25-26-20)15-6-3-2-4-7-15/h9-10,12,15-16H,2-8,11,13H2,1H3,(H,24,25,26). The Balaban J connectivity index is 1.33. The molecular formula is C21H27N7O. The lowest BCUT2D eigenvalue weighted by molar-refractivity contribution is 0.0702. The van der Waals surface area contributed by atoms with Gasteiger partial charge in [0.25, 0.3) is 5.91 Å². The molecule has 0 spiro atoms. The van der Waals surface area contributed by atoms with Gasteiger partial charge >= 0.3 is 0 Å². The monoisotopic (exact) mass is 393 g/mol. The molecule has 4 heterocycles. The molecule has 1 saturated carbocycles. The molecule has 0 radical (unpaired) electrons. The number of aromatic nitrogens is 6. The number of nitrogens with zero attached hydrogens (tertiary/aromatic N) is 6. The second-order valence-electron chi connectivity index (χ2n) is 8.36. The van der Waals surface area contributed by atoms with Crippen molar-refractivity contribution in [1.82, 2.24) is 34.7 Å². The van der Waals surface area contributed by atoms with Gasteiger partial charge in [-0.2, -0.15) is 10.2 Å². The first-order valence-electron chi connectivity index (χ1n) is 10.7. The van der Waals surface area contributed by atoms with E-state index >= 15 is 0 Å². The molecule has 5 rings (SSSR count). The van der Waals surface area contributed by atoms with E-state index in [1.807, 2.05) is 17.9 Å². The molecule has 8 heteroatoms. The molecule has 2 fully saturated rings. The average molecular weight is 393 g/mol. The number of hydrogen-bond acceptors (Lipinski definition) is 5. The molecule has 1 unspecified atom stereocenters. The molecule has 1 aliphatic carbocycles. The summed E-state index contributed by atoms with van der Waals surface area (Å²) in [7, 11) is 0. The van der Waals surface area contributed by atoms with Crippen LogP contribution >= 0.6 is 0 Å². The number of amides is 1. The van der Waals surface area contributed by atoms with Gasteiger partial charge in [-0.15, -0.1) is 0 Å². The predicted octanol–water partition coefficient (Wildman–Crippen LogP) is 3.22. The van der Waals surface area contributed by atoms with E-state index < -0.39 is 0 Å². The third-order valence-corrected chi connectivity index (χ3v) is 6.47. The smallest absolute Gasteiger partial charge is 0.257 e. The van der Waals surface area contributed by atoms with Crippen molar-refractivity contribution in [2.75, 3.05) is 13.1 Å². The fraction of sp³-hybridized carbons (Fsp3) is 0.571. The van der Waals surface area contributed by atoms with Gasteiger partial charge in [0, 0.05) is 37.2 Å². The normalized spacial score (nSPS) is 21.0. The maximum atomic E-state index is 13.2. The lowest BCUT2D eigenvalue weighted by Crippen LogP contribution is -2.40. The Labute approximate surface area is 169 Å². The van der Waals surface area contributed by atoms with Gasteiger partial charge in [0.15, 0.2) is 11.5 Å². The first-order valence-corrected chi connectivity index (χ1v) is 10.7. The highest BCUT2D eigenvalue weighted by molar-refractivity contribution is 5.95. The van der Waals surface area contributed by atoms with E-state index in [2.05, 4.69) is 20.3 Å². The van der Waals surface area contributed by atoms with Gasteiger partial charge < -0.3 is 4.90 Å². The highest BCUT2D eigenvalue weighted by Gasteiger charge is 2.30. The molecule has 2 aliphatic rings. The molecule has 1 atom stereocenters. The van der Waals surface area contributed by atoms with Crippen LogP contribution in [0.5, 0.6) is 0 Å². The SMILES string of the molecule is Cc1c(C(=O)N2CCCC(c3n[nH]c(C4CCCCC4)n3)C2)cnc2ccnn12. The van der Waals surface area contributed by atoms with Crippen molar-refractivity contribution in [1.29, 1.82) is 0 Å². The summed E-state index contributed by atoms with van der Waals surface area (Å²) in [6, 6.07) is 1.84. The predicted molar refractivity (Wildman–Crippen MR) is 108 cm³/mol. The van der Waals surface area contributed by atoms with Crippen LogP contribution < -0.4 is 0 Å². The van der Waals surface area contributed by atoms with E-state index in [4.69, 9.17) is 4.98 Å². The molecule has 1 N–H and O–H groups in total. The number of carbonyl (C=O) groups excluding carboxylic acids is 1. The lowest BCUT2D eigenvalue weighted by Gasteiger charge is -2.31. The van der Waals surface area contributed by atoms with Crippen LogP contribution in [0.4, 0.5) is 0 Å². The zero-order valence-electron chi connectivity index (χ0n) is 16.8. The quantitative estimate of drug-likeness (QED) is 0.738. The zero-order valence-corrected chi connectivity index (χ0v) is 16.8. The van der Waals surface area contributed by atoms with Crippen LogP contribution in [0.15, 0.2) is 18.5 Å². The van der Waals surface area contributed by atoms with Crippen molar-refractivity contribution >= 4 is 11.6 Å². The number of piperidine rings is 1. The Morgan fingerprint density at radius 1 is 1.14 bits per heavy atom. The fourth-order valence-electron chi connectivity index (χ4n) is 4.77. The summed E-state index contributed by atoms with van der Waals surface area (Å²) in [5.41, 5.74) is 2.19. The van der Waals surface area contributed by atoms with Crippen LogP contribution in [0.2, 0.25) is 0 Å². The minimum absolute atomic E-state index is 0.0140. The van der Waals surface area contributed by atoms with Crippen molar-refractivity contribution in [2.24, 2.45) is 0 Å². The van der Waals surface area contributed by atoms with E-state index in [0.29, 0.717) is 18.0 Å². The molecule has 0 aromatic carbocycles. The van der Waals surface area contributed by atoms with Gasteiger partial charge in [0.1, 0.15) is 5.82 Å². The van der Waals surface area contributed by atoms with Crippen molar-refractivity contribution in [3.05, 3.63) is 41.4 Å². The fourth-order valence-corrected chi connectivity index (χ4v) is 4.77. The Kier molecular flexibility index (Phi) is 4.77. The summed E-state index contributed by atoms with van der Waals surface area (Å²) < 4.78 is 1.72. The van der Waals surface area contributed by atoms with E-state index in [1.54, 1.807) is 16.9 Å². The molecule has 8 nitrogen and oxygen atoms in total. The van der Waals surface area contributed by atoms with E-state index in [9.17, 15) is 4.79 Å². The second-order valence-corrected chi connectivity index (χ2v) is 8.36. The summed E-state index contributed by atoms with van der Waals surface area (Å²) in [6.07, 6.45) is 11.6. The van der Waals surface area contributed by atoms with Crippen LogP contribution in [0.25, 0.3) is 5.65 Å². The van der Waals surface area contributed by atoms with Crippen LogP contribution in [-0.4, -0.2) is 53.7 Å². The topological polar surface area (TPSA) is 92.1 Å². The third kappa shape index (κ3) is 3.41. The van der Waals surface area contributed by atoms with Crippen molar-refractivity contribution in [2.45, 2.75) is 63.7 Å². The number of nitrogens with one attached hydrogen (secondary N) is 1. The molecule has 0 bridgehead atoms. The van der Waals surface area contributed by atoms with Gasteiger partial charge in [-0.3, -0.25) is 9.89 Å². The second kappa shape index (κ2) is 7.57. The molecule has 3 aromatic rings. The van der Waals surface area contributed by atoms with Gasteiger partial charge in [0.05, 0.1) is 17.5 Å². The molecule has 29 heavy (non-hydrogen) atoms. The molecule has 3 aromatic heterocycles. The Morgan fingerprint density at radius 2 is 1.97 bits per heavy atom. The van der Waals surface area contributed by atoms with Gasteiger partial charge in [0.2, 0.25) is 0 Å². The third-order valence-electron chi connectivity index (χ3n) is 6.47. The maximum Gasteiger partial charge on any atom is 0.257 e. The summed E-state index contributed by atoms with van der Waals surface area (Å²) in [6.45, 7) is 3.32. The van der Waals surface area contributed by atoms with Crippen LogP contribution in [-0.2, 0) is 0 Å². The van der Waals surface area contributed by atoms with Crippen LogP contribution in [0.3, 0.4) is 0 Å². The number of H-pyrrole nitrogens is 1. The van der Waals surface area contributed by atoms with Gasteiger partial charge in [-0.25, -0.2) is 14.5 Å². The van der Waals surface area contributed by atoms with Gasteiger partial charge in [-0.05, 0) is 32.6 Å². The average Bonchev–Trinajstić information content (AvgIpc) is 3.45. The first-order chi connectivity index (χ1) is 14.2. The Bertz CT molecular complexity index is 1020. The number of rotatable bonds is 3. The summed E-state index contributed by atoms with van der Waals surface area (Å²) in [5, 5.41) is 12.0. The van der Waals surface area contributed by atoms with E-state index in [0.717, 1.165) is 42.4 Å². The number of hydrogen-bond donors (Lipinski definition) is 1. The highest BCUT2D eigenvalue weighted by atomic mass is 16.2. The van der Waals surface area contributed by atoms with Crippen molar-refractivity contribution < 1.29 is 4.79 Å². The first kappa shape index (κ1) is 18.3. The Morgan fingerprint density at radius 3 is 2.83 bits per heavy atom. The van der Waals surface area contributed by atoms with Crippen molar-refractivity contribution in [3.8, 4) is 0 Å². The van der Waals surface area contributed by atoms with Crippen molar-refractivity contribution in [3.63, 3.8) is 0 Å². The molecule has 1 saturated heterocycles. The molecule has 1 amide bonds. The summed E-state index contributed by atoms with van der Waals surface area (Å²) >= 11 is 0.